The quantitative estimate of drug-likeness (QED) is 0.840. The summed E-state index contributed by atoms with van der Waals surface area (Å²) in [5.41, 5.74) is 0.579. The molecule has 22 heavy (non-hydrogen) atoms. The molecule has 1 aliphatic rings. The first-order valence-corrected chi connectivity index (χ1v) is 7.71. The Morgan fingerprint density at radius 3 is 2.59 bits per heavy atom. The van der Waals surface area contributed by atoms with Gasteiger partial charge in [-0.25, -0.2) is 4.98 Å². The minimum atomic E-state index is -0.443. The van der Waals surface area contributed by atoms with Gasteiger partial charge in [0.05, 0.1) is 24.4 Å². The SMILES string of the molecule is CC(C)OCC(O)CN1CCN(c2ccc(C#N)cn2)CC1. The van der Waals surface area contributed by atoms with Crippen LogP contribution in [0.5, 0.6) is 0 Å². The predicted octanol–water partition coefficient (Wildman–Crippen LogP) is 0.861. The fraction of sp³-hybridized carbons (Fsp3) is 0.625. The third kappa shape index (κ3) is 4.95. The van der Waals surface area contributed by atoms with E-state index in [0.717, 1.165) is 32.0 Å². The van der Waals surface area contributed by atoms with Crippen LogP contribution in [0.25, 0.3) is 0 Å². The van der Waals surface area contributed by atoms with Crippen molar-refractivity contribution in [2.75, 3.05) is 44.2 Å². The van der Waals surface area contributed by atoms with E-state index in [0.29, 0.717) is 18.7 Å². The van der Waals surface area contributed by atoms with Crippen LogP contribution in [-0.2, 0) is 4.74 Å². The van der Waals surface area contributed by atoms with Crippen molar-refractivity contribution in [2.45, 2.75) is 26.1 Å². The Morgan fingerprint density at radius 2 is 2.05 bits per heavy atom. The highest BCUT2D eigenvalue weighted by Gasteiger charge is 2.20. The zero-order valence-corrected chi connectivity index (χ0v) is 13.3. The summed E-state index contributed by atoms with van der Waals surface area (Å²) in [5.74, 6) is 0.905. The zero-order chi connectivity index (χ0) is 15.9. The highest BCUT2D eigenvalue weighted by Crippen LogP contribution is 2.14. The molecule has 0 bridgehead atoms. The summed E-state index contributed by atoms with van der Waals surface area (Å²) in [6.45, 7) is 8.48. The summed E-state index contributed by atoms with van der Waals surface area (Å²) in [4.78, 5) is 8.77. The third-order valence-electron chi connectivity index (χ3n) is 3.66. The molecule has 0 aliphatic carbocycles. The van der Waals surface area contributed by atoms with Crippen LogP contribution in [0.1, 0.15) is 19.4 Å². The van der Waals surface area contributed by atoms with Crippen molar-refractivity contribution in [2.24, 2.45) is 0 Å². The van der Waals surface area contributed by atoms with E-state index >= 15 is 0 Å². The monoisotopic (exact) mass is 304 g/mol. The van der Waals surface area contributed by atoms with Crippen LogP contribution in [0.15, 0.2) is 18.3 Å². The average molecular weight is 304 g/mol. The van der Waals surface area contributed by atoms with E-state index in [9.17, 15) is 5.11 Å². The number of anilines is 1. The smallest absolute Gasteiger partial charge is 0.128 e. The molecule has 2 rings (SSSR count). The lowest BCUT2D eigenvalue weighted by Crippen LogP contribution is -2.49. The first-order chi connectivity index (χ1) is 10.6. The fourth-order valence-electron chi connectivity index (χ4n) is 2.45. The Morgan fingerprint density at radius 1 is 1.32 bits per heavy atom. The number of ether oxygens (including phenoxy) is 1. The Bertz CT molecular complexity index is 490. The second-order valence-corrected chi connectivity index (χ2v) is 5.84. The molecule has 6 heteroatoms. The molecule has 1 saturated heterocycles. The molecule has 0 aromatic carbocycles. The highest BCUT2D eigenvalue weighted by atomic mass is 16.5. The maximum absolute atomic E-state index is 9.97. The van der Waals surface area contributed by atoms with E-state index < -0.39 is 6.10 Å². The molecule has 2 heterocycles. The Labute approximate surface area is 131 Å². The molecule has 6 nitrogen and oxygen atoms in total. The largest absolute Gasteiger partial charge is 0.389 e. The van der Waals surface area contributed by atoms with Gasteiger partial charge in [-0.3, -0.25) is 4.90 Å². The second-order valence-electron chi connectivity index (χ2n) is 5.84. The van der Waals surface area contributed by atoms with Gasteiger partial charge in [-0.15, -0.1) is 0 Å². The van der Waals surface area contributed by atoms with Crippen LogP contribution in [0.2, 0.25) is 0 Å². The first kappa shape index (κ1) is 16.7. The first-order valence-electron chi connectivity index (χ1n) is 7.71. The van der Waals surface area contributed by atoms with Crippen LogP contribution in [-0.4, -0.2) is 66.5 Å². The van der Waals surface area contributed by atoms with Gasteiger partial charge >= 0.3 is 0 Å². The van der Waals surface area contributed by atoms with Gasteiger partial charge in [0.25, 0.3) is 0 Å². The molecule has 0 radical (unpaired) electrons. The molecule has 120 valence electrons. The van der Waals surface area contributed by atoms with Gasteiger partial charge in [0.1, 0.15) is 11.9 Å². The lowest BCUT2D eigenvalue weighted by Gasteiger charge is -2.36. The summed E-state index contributed by atoms with van der Waals surface area (Å²) in [6.07, 6.45) is 1.31. The van der Waals surface area contributed by atoms with Gasteiger partial charge in [0.15, 0.2) is 0 Å². The van der Waals surface area contributed by atoms with E-state index in [2.05, 4.69) is 20.9 Å². The summed E-state index contributed by atoms with van der Waals surface area (Å²) in [7, 11) is 0. The van der Waals surface area contributed by atoms with Crippen molar-refractivity contribution in [3.05, 3.63) is 23.9 Å². The van der Waals surface area contributed by atoms with E-state index in [-0.39, 0.29) is 6.10 Å². The predicted molar refractivity (Wildman–Crippen MR) is 84.7 cm³/mol. The molecule has 1 fully saturated rings. The molecule has 0 saturated carbocycles. The number of hydrogen-bond donors (Lipinski definition) is 1. The van der Waals surface area contributed by atoms with E-state index in [1.54, 1.807) is 12.3 Å². The number of nitriles is 1. The van der Waals surface area contributed by atoms with E-state index in [1.165, 1.54) is 0 Å². The van der Waals surface area contributed by atoms with Gasteiger partial charge in [0, 0.05) is 38.9 Å². The Kier molecular flexibility index (Phi) is 6.13. The molecule has 1 N–H and O–H groups in total. The number of pyridine rings is 1. The minimum absolute atomic E-state index is 0.147. The molecule has 0 amide bonds. The maximum atomic E-state index is 9.97. The molecule has 1 aromatic rings. The van der Waals surface area contributed by atoms with Crippen molar-refractivity contribution in [3.63, 3.8) is 0 Å². The number of aromatic nitrogens is 1. The number of aliphatic hydroxyl groups is 1. The minimum Gasteiger partial charge on any atom is -0.389 e. The Balaban J connectivity index is 1.76. The van der Waals surface area contributed by atoms with Crippen LogP contribution in [0, 0.1) is 11.3 Å². The number of nitrogens with zero attached hydrogens (tertiary/aromatic N) is 4. The van der Waals surface area contributed by atoms with Crippen molar-refractivity contribution in [1.29, 1.82) is 5.26 Å². The van der Waals surface area contributed by atoms with Crippen LogP contribution in [0.3, 0.4) is 0 Å². The second kappa shape index (κ2) is 8.08. The molecular weight excluding hydrogens is 280 g/mol. The van der Waals surface area contributed by atoms with Gasteiger partial charge < -0.3 is 14.7 Å². The fourth-order valence-corrected chi connectivity index (χ4v) is 2.45. The number of rotatable bonds is 6. The molecular formula is C16H24N4O2. The third-order valence-corrected chi connectivity index (χ3v) is 3.66. The molecule has 1 aliphatic heterocycles. The van der Waals surface area contributed by atoms with Crippen LogP contribution in [0.4, 0.5) is 5.82 Å². The summed E-state index contributed by atoms with van der Waals surface area (Å²) >= 11 is 0. The van der Waals surface area contributed by atoms with Gasteiger partial charge in [-0.2, -0.15) is 5.26 Å². The summed E-state index contributed by atoms with van der Waals surface area (Å²) in [6, 6.07) is 5.76. The van der Waals surface area contributed by atoms with Crippen molar-refractivity contribution in [3.8, 4) is 6.07 Å². The van der Waals surface area contributed by atoms with Gasteiger partial charge in [0.2, 0.25) is 0 Å². The number of aliphatic hydroxyl groups excluding tert-OH is 1. The maximum Gasteiger partial charge on any atom is 0.128 e. The summed E-state index contributed by atoms with van der Waals surface area (Å²) in [5, 5.41) is 18.8. The van der Waals surface area contributed by atoms with Crippen LogP contribution < -0.4 is 4.90 Å². The van der Waals surface area contributed by atoms with Gasteiger partial charge in [-0.05, 0) is 26.0 Å². The number of β-amino-alcohol motifs (C(OH)–C–C–N with tert-alkyl or cyclic N) is 1. The standard InChI is InChI=1S/C16H24N4O2/c1-13(2)22-12-15(21)11-19-5-7-20(8-6-19)16-4-3-14(9-17)10-18-16/h3-4,10,13,15,21H,5-8,11-12H2,1-2H3. The zero-order valence-electron chi connectivity index (χ0n) is 13.3. The molecule has 0 spiro atoms. The number of hydrogen-bond acceptors (Lipinski definition) is 6. The van der Waals surface area contributed by atoms with Crippen molar-refractivity contribution >= 4 is 5.82 Å². The average Bonchev–Trinajstić information content (AvgIpc) is 2.54. The molecule has 1 unspecified atom stereocenters. The summed E-state index contributed by atoms with van der Waals surface area (Å²) < 4.78 is 5.43. The molecule has 1 atom stereocenters. The van der Waals surface area contributed by atoms with Crippen molar-refractivity contribution in [1.82, 2.24) is 9.88 Å². The van der Waals surface area contributed by atoms with Crippen molar-refractivity contribution < 1.29 is 9.84 Å². The lowest BCUT2D eigenvalue weighted by molar-refractivity contribution is -0.00900. The normalized spacial score (nSPS) is 17.5. The van der Waals surface area contributed by atoms with E-state index in [4.69, 9.17) is 10.00 Å². The van der Waals surface area contributed by atoms with Crippen LogP contribution >= 0.6 is 0 Å². The topological polar surface area (TPSA) is 72.6 Å². The highest BCUT2D eigenvalue weighted by molar-refractivity contribution is 5.42. The lowest BCUT2D eigenvalue weighted by atomic mass is 10.2. The molecule has 1 aromatic heterocycles. The number of piperazine rings is 1. The Hall–Kier alpha value is -1.68. The van der Waals surface area contributed by atoms with Gasteiger partial charge in [-0.1, -0.05) is 0 Å². The van der Waals surface area contributed by atoms with E-state index in [1.807, 2.05) is 19.9 Å².